The molecule has 0 aromatic carbocycles. The summed E-state index contributed by atoms with van der Waals surface area (Å²) in [4.78, 5) is 12.2. The van der Waals surface area contributed by atoms with E-state index >= 15 is 0 Å². The van der Waals surface area contributed by atoms with Crippen molar-refractivity contribution in [3.8, 4) is 0 Å². The molecule has 1 amide bonds. The van der Waals surface area contributed by atoms with Gasteiger partial charge in [0.05, 0.1) is 0 Å². The van der Waals surface area contributed by atoms with Crippen LogP contribution in [0, 0.1) is 0 Å². The number of rotatable bonds is 2. The van der Waals surface area contributed by atoms with E-state index in [9.17, 15) is 4.79 Å². The molecule has 2 aliphatic rings. The molecule has 2 fully saturated rings. The molecule has 2 heterocycles. The molecule has 0 saturated carbocycles. The summed E-state index contributed by atoms with van der Waals surface area (Å²) in [6.45, 7) is 6.94. The molecule has 2 aliphatic heterocycles. The Morgan fingerprint density at radius 2 is 2.18 bits per heavy atom. The van der Waals surface area contributed by atoms with Gasteiger partial charge in [-0.2, -0.15) is 0 Å². The van der Waals surface area contributed by atoms with Gasteiger partial charge in [-0.05, 0) is 46.5 Å². The number of amides is 1. The number of hydrogen-bond acceptors (Lipinski definition) is 3. The SMILES string of the molecule is CC1CCC(NC(=O)C2(C)CCCO2)C(C)N1. The Labute approximate surface area is 103 Å². The maximum Gasteiger partial charge on any atom is 0.252 e. The number of hydrogen-bond donors (Lipinski definition) is 2. The Hall–Kier alpha value is -0.610. The topological polar surface area (TPSA) is 50.4 Å². The number of nitrogens with one attached hydrogen (secondary N) is 2. The van der Waals surface area contributed by atoms with Crippen LogP contribution in [0.1, 0.15) is 46.5 Å². The maximum absolute atomic E-state index is 12.2. The average Bonchev–Trinajstić information content (AvgIpc) is 2.71. The van der Waals surface area contributed by atoms with Crippen molar-refractivity contribution in [1.82, 2.24) is 10.6 Å². The van der Waals surface area contributed by atoms with Crippen molar-refractivity contribution in [1.29, 1.82) is 0 Å². The van der Waals surface area contributed by atoms with Gasteiger partial charge in [0.1, 0.15) is 5.60 Å². The van der Waals surface area contributed by atoms with Gasteiger partial charge in [-0.1, -0.05) is 0 Å². The van der Waals surface area contributed by atoms with Gasteiger partial charge in [-0.3, -0.25) is 4.79 Å². The summed E-state index contributed by atoms with van der Waals surface area (Å²) >= 11 is 0. The van der Waals surface area contributed by atoms with Gasteiger partial charge >= 0.3 is 0 Å². The molecule has 2 rings (SSSR count). The summed E-state index contributed by atoms with van der Waals surface area (Å²) in [5.74, 6) is 0.0585. The van der Waals surface area contributed by atoms with Crippen LogP contribution in [0.25, 0.3) is 0 Å². The summed E-state index contributed by atoms with van der Waals surface area (Å²) in [6.07, 6.45) is 3.99. The molecule has 2 saturated heterocycles. The largest absolute Gasteiger partial charge is 0.365 e. The van der Waals surface area contributed by atoms with Crippen LogP contribution in [0.3, 0.4) is 0 Å². The van der Waals surface area contributed by atoms with Gasteiger partial charge in [-0.15, -0.1) is 0 Å². The first-order valence-electron chi connectivity index (χ1n) is 6.72. The molecule has 4 heteroatoms. The number of ether oxygens (including phenoxy) is 1. The van der Waals surface area contributed by atoms with E-state index in [0.717, 1.165) is 25.7 Å². The highest BCUT2D eigenvalue weighted by Crippen LogP contribution is 2.26. The minimum atomic E-state index is -0.594. The van der Waals surface area contributed by atoms with Crippen LogP contribution in [-0.2, 0) is 9.53 Å². The first-order valence-corrected chi connectivity index (χ1v) is 6.72. The van der Waals surface area contributed by atoms with Gasteiger partial charge in [-0.25, -0.2) is 0 Å². The molecule has 2 N–H and O–H groups in total. The highest BCUT2D eigenvalue weighted by atomic mass is 16.5. The van der Waals surface area contributed by atoms with Crippen molar-refractivity contribution in [3.05, 3.63) is 0 Å². The van der Waals surface area contributed by atoms with Crippen molar-refractivity contribution in [3.63, 3.8) is 0 Å². The van der Waals surface area contributed by atoms with Crippen molar-refractivity contribution < 1.29 is 9.53 Å². The maximum atomic E-state index is 12.2. The third-order valence-corrected chi connectivity index (χ3v) is 4.08. The van der Waals surface area contributed by atoms with Gasteiger partial charge in [0.25, 0.3) is 5.91 Å². The predicted octanol–water partition coefficient (Wildman–Crippen LogP) is 1.20. The smallest absolute Gasteiger partial charge is 0.252 e. The average molecular weight is 240 g/mol. The van der Waals surface area contributed by atoms with E-state index in [1.54, 1.807) is 0 Å². The highest BCUT2D eigenvalue weighted by molar-refractivity contribution is 5.85. The fraction of sp³-hybridized carbons (Fsp3) is 0.923. The second-order valence-corrected chi connectivity index (χ2v) is 5.70. The van der Waals surface area contributed by atoms with Crippen molar-refractivity contribution in [2.24, 2.45) is 0 Å². The Balaban J connectivity index is 1.90. The zero-order chi connectivity index (χ0) is 12.5. The zero-order valence-electron chi connectivity index (χ0n) is 11.1. The van der Waals surface area contributed by atoms with E-state index in [2.05, 4.69) is 24.5 Å². The molecule has 0 radical (unpaired) electrons. The van der Waals surface area contributed by atoms with Crippen LogP contribution in [0.2, 0.25) is 0 Å². The molecular formula is C13H24N2O2. The van der Waals surface area contributed by atoms with E-state index in [1.165, 1.54) is 0 Å². The lowest BCUT2D eigenvalue weighted by Gasteiger charge is -2.36. The fourth-order valence-electron chi connectivity index (χ4n) is 2.80. The summed E-state index contributed by atoms with van der Waals surface area (Å²) in [5, 5.41) is 6.63. The summed E-state index contributed by atoms with van der Waals surface area (Å²) in [5.41, 5.74) is -0.594. The Bertz CT molecular complexity index is 287. The molecule has 17 heavy (non-hydrogen) atoms. The summed E-state index contributed by atoms with van der Waals surface area (Å²) < 4.78 is 5.57. The molecule has 0 aromatic rings. The van der Waals surface area contributed by atoms with Crippen LogP contribution < -0.4 is 10.6 Å². The van der Waals surface area contributed by atoms with Crippen LogP contribution in [-0.4, -0.2) is 36.2 Å². The molecule has 0 bridgehead atoms. The van der Waals surface area contributed by atoms with E-state index < -0.39 is 5.60 Å². The van der Waals surface area contributed by atoms with Gasteiger partial charge < -0.3 is 15.4 Å². The van der Waals surface area contributed by atoms with Crippen molar-refractivity contribution >= 4 is 5.91 Å². The molecule has 98 valence electrons. The van der Waals surface area contributed by atoms with E-state index in [1.807, 2.05) is 6.92 Å². The van der Waals surface area contributed by atoms with Crippen molar-refractivity contribution in [2.45, 2.75) is 70.2 Å². The lowest BCUT2D eigenvalue weighted by molar-refractivity contribution is -0.140. The molecule has 0 spiro atoms. The monoisotopic (exact) mass is 240 g/mol. The summed E-state index contributed by atoms with van der Waals surface area (Å²) in [7, 11) is 0. The van der Waals surface area contributed by atoms with Crippen LogP contribution in [0.5, 0.6) is 0 Å². The normalized spacial score (nSPS) is 42.4. The number of carbonyl (C=O) groups is 1. The number of carbonyl (C=O) groups excluding carboxylic acids is 1. The van der Waals surface area contributed by atoms with Gasteiger partial charge in [0.2, 0.25) is 0 Å². The minimum Gasteiger partial charge on any atom is -0.365 e. The van der Waals surface area contributed by atoms with Crippen LogP contribution in [0.4, 0.5) is 0 Å². The zero-order valence-corrected chi connectivity index (χ0v) is 11.1. The molecular weight excluding hydrogens is 216 g/mol. The third kappa shape index (κ3) is 2.80. The highest BCUT2D eigenvalue weighted by Gasteiger charge is 2.39. The molecule has 4 atom stereocenters. The fourth-order valence-corrected chi connectivity index (χ4v) is 2.80. The molecule has 4 unspecified atom stereocenters. The van der Waals surface area contributed by atoms with E-state index in [-0.39, 0.29) is 11.9 Å². The second-order valence-electron chi connectivity index (χ2n) is 5.70. The summed E-state index contributed by atoms with van der Waals surface area (Å²) in [6, 6.07) is 1.13. The standard InChI is InChI=1S/C13H24N2O2/c1-9-5-6-11(10(2)14-9)15-12(16)13(3)7-4-8-17-13/h9-11,14H,4-8H2,1-3H3,(H,15,16). The Kier molecular flexibility index (Phi) is 3.73. The van der Waals surface area contributed by atoms with E-state index in [0.29, 0.717) is 18.7 Å². The minimum absolute atomic E-state index is 0.0585. The quantitative estimate of drug-likeness (QED) is 0.762. The lowest BCUT2D eigenvalue weighted by atomic mass is 9.93. The first kappa shape index (κ1) is 12.8. The van der Waals surface area contributed by atoms with Gasteiger partial charge in [0.15, 0.2) is 0 Å². The predicted molar refractivity (Wildman–Crippen MR) is 66.8 cm³/mol. The van der Waals surface area contributed by atoms with E-state index in [4.69, 9.17) is 4.74 Å². The first-order chi connectivity index (χ1) is 8.01. The molecule has 0 aliphatic carbocycles. The Morgan fingerprint density at radius 3 is 2.76 bits per heavy atom. The van der Waals surface area contributed by atoms with Crippen LogP contribution in [0.15, 0.2) is 0 Å². The second kappa shape index (κ2) is 4.94. The van der Waals surface area contributed by atoms with Gasteiger partial charge in [0, 0.05) is 24.7 Å². The van der Waals surface area contributed by atoms with Crippen molar-refractivity contribution in [2.75, 3.05) is 6.61 Å². The third-order valence-electron chi connectivity index (χ3n) is 4.08. The number of piperidine rings is 1. The molecule has 4 nitrogen and oxygen atoms in total. The molecule has 0 aromatic heterocycles. The Morgan fingerprint density at radius 1 is 1.41 bits per heavy atom. The van der Waals surface area contributed by atoms with Crippen LogP contribution >= 0.6 is 0 Å². The lowest BCUT2D eigenvalue weighted by Crippen LogP contribution is -2.58.